The zero-order valence-corrected chi connectivity index (χ0v) is 11.0. The van der Waals surface area contributed by atoms with Crippen molar-refractivity contribution in [3.63, 3.8) is 0 Å². The molecule has 0 aromatic carbocycles. The van der Waals surface area contributed by atoms with Crippen LogP contribution in [-0.2, 0) is 4.74 Å². The molecule has 2 rings (SSSR count). The Labute approximate surface area is 107 Å². The third-order valence-electron chi connectivity index (χ3n) is 2.36. The summed E-state index contributed by atoms with van der Waals surface area (Å²) in [5, 5.41) is 0.183. The van der Waals surface area contributed by atoms with Crippen LogP contribution in [-0.4, -0.2) is 29.3 Å². The SMILES string of the molecule is Clc1ncc(Br)c(OC[C@@H]2CCCCO2)n1. The molecule has 16 heavy (non-hydrogen) atoms. The van der Waals surface area contributed by atoms with E-state index < -0.39 is 0 Å². The van der Waals surface area contributed by atoms with Crippen LogP contribution in [0.4, 0.5) is 0 Å². The summed E-state index contributed by atoms with van der Waals surface area (Å²) in [6.07, 6.45) is 5.11. The molecule has 0 bridgehead atoms. The first-order chi connectivity index (χ1) is 7.75. The number of ether oxygens (including phenoxy) is 2. The van der Waals surface area contributed by atoms with Crippen LogP contribution in [0.2, 0.25) is 5.28 Å². The van der Waals surface area contributed by atoms with E-state index in [4.69, 9.17) is 21.1 Å². The third kappa shape index (κ3) is 3.30. The van der Waals surface area contributed by atoms with Crippen molar-refractivity contribution in [3.05, 3.63) is 16.0 Å². The Balaban J connectivity index is 1.90. The Bertz CT molecular complexity index is 359. The minimum absolute atomic E-state index is 0.161. The lowest BCUT2D eigenvalue weighted by atomic mass is 10.1. The highest BCUT2D eigenvalue weighted by Gasteiger charge is 2.15. The van der Waals surface area contributed by atoms with Gasteiger partial charge in [0.15, 0.2) is 0 Å². The zero-order valence-electron chi connectivity index (χ0n) is 8.66. The Morgan fingerprint density at radius 2 is 2.44 bits per heavy atom. The first-order valence-corrected chi connectivity index (χ1v) is 6.35. The van der Waals surface area contributed by atoms with Gasteiger partial charge in [-0.05, 0) is 46.8 Å². The van der Waals surface area contributed by atoms with Crippen molar-refractivity contribution in [2.75, 3.05) is 13.2 Å². The van der Waals surface area contributed by atoms with Gasteiger partial charge in [-0.3, -0.25) is 0 Å². The van der Waals surface area contributed by atoms with Gasteiger partial charge in [-0.25, -0.2) is 4.98 Å². The summed E-state index contributed by atoms with van der Waals surface area (Å²) >= 11 is 8.99. The van der Waals surface area contributed by atoms with Gasteiger partial charge >= 0.3 is 0 Å². The van der Waals surface area contributed by atoms with E-state index >= 15 is 0 Å². The standard InChI is InChI=1S/C10H12BrClN2O2/c11-8-5-13-10(12)14-9(8)16-6-7-3-1-2-4-15-7/h5,7H,1-4,6H2/t7-/m0/s1. The summed E-state index contributed by atoms with van der Waals surface area (Å²) in [6.45, 7) is 1.33. The van der Waals surface area contributed by atoms with E-state index in [1.54, 1.807) is 6.20 Å². The van der Waals surface area contributed by atoms with Gasteiger partial charge in [0.2, 0.25) is 11.2 Å². The summed E-state index contributed by atoms with van der Waals surface area (Å²) in [5.41, 5.74) is 0. The molecule has 2 heterocycles. The molecule has 1 fully saturated rings. The molecule has 1 aliphatic rings. The number of hydrogen-bond donors (Lipinski definition) is 0. The highest BCUT2D eigenvalue weighted by atomic mass is 79.9. The van der Waals surface area contributed by atoms with Gasteiger partial charge in [-0.1, -0.05) is 0 Å². The maximum absolute atomic E-state index is 5.68. The van der Waals surface area contributed by atoms with Gasteiger partial charge in [-0.15, -0.1) is 0 Å². The van der Waals surface area contributed by atoms with Crippen molar-refractivity contribution in [2.24, 2.45) is 0 Å². The smallest absolute Gasteiger partial charge is 0.232 e. The normalized spacial score (nSPS) is 20.8. The lowest BCUT2D eigenvalue weighted by Crippen LogP contribution is -2.26. The topological polar surface area (TPSA) is 44.2 Å². The van der Waals surface area contributed by atoms with Crippen LogP contribution in [0.25, 0.3) is 0 Å². The lowest BCUT2D eigenvalue weighted by molar-refractivity contribution is -0.0121. The molecule has 4 nitrogen and oxygen atoms in total. The molecule has 0 aliphatic carbocycles. The van der Waals surface area contributed by atoms with Crippen LogP contribution in [0.5, 0.6) is 5.88 Å². The Morgan fingerprint density at radius 1 is 1.56 bits per heavy atom. The average molecular weight is 308 g/mol. The summed E-state index contributed by atoms with van der Waals surface area (Å²) in [4.78, 5) is 7.82. The minimum Gasteiger partial charge on any atom is -0.474 e. The fourth-order valence-corrected chi connectivity index (χ4v) is 1.97. The van der Waals surface area contributed by atoms with Crippen LogP contribution in [0.15, 0.2) is 10.7 Å². The molecule has 0 radical (unpaired) electrons. The highest BCUT2D eigenvalue weighted by molar-refractivity contribution is 9.10. The maximum atomic E-state index is 5.68. The molecule has 1 atom stereocenters. The van der Waals surface area contributed by atoms with Gasteiger partial charge in [0.25, 0.3) is 0 Å². The van der Waals surface area contributed by atoms with E-state index in [1.807, 2.05) is 0 Å². The molecule has 0 spiro atoms. The molecule has 0 unspecified atom stereocenters. The van der Waals surface area contributed by atoms with E-state index in [2.05, 4.69) is 25.9 Å². The van der Waals surface area contributed by atoms with Crippen molar-refractivity contribution in [1.29, 1.82) is 0 Å². The van der Waals surface area contributed by atoms with E-state index in [9.17, 15) is 0 Å². The van der Waals surface area contributed by atoms with E-state index in [0.29, 0.717) is 17.0 Å². The molecular weight excluding hydrogens is 295 g/mol. The van der Waals surface area contributed by atoms with Crippen molar-refractivity contribution in [1.82, 2.24) is 9.97 Å². The predicted molar refractivity (Wildman–Crippen MR) is 63.8 cm³/mol. The van der Waals surface area contributed by atoms with Crippen LogP contribution in [0.1, 0.15) is 19.3 Å². The molecule has 0 saturated carbocycles. The Kier molecular flexibility index (Phi) is 4.37. The van der Waals surface area contributed by atoms with Gasteiger partial charge < -0.3 is 9.47 Å². The largest absolute Gasteiger partial charge is 0.474 e. The number of rotatable bonds is 3. The van der Waals surface area contributed by atoms with Gasteiger partial charge in [0.05, 0.1) is 10.6 Å². The monoisotopic (exact) mass is 306 g/mol. The lowest BCUT2D eigenvalue weighted by Gasteiger charge is -2.22. The summed E-state index contributed by atoms with van der Waals surface area (Å²) in [7, 11) is 0. The van der Waals surface area contributed by atoms with Crippen LogP contribution < -0.4 is 4.74 Å². The molecule has 1 aromatic rings. The highest BCUT2D eigenvalue weighted by Crippen LogP contribution is 2.23. The minimum atomic E-state index is 0.161. The fourth-order valence-electron chi connectivity index (χ4n) is 1.54. The summed E-state index contributed by atoms with van der Waals surface area (Å²) < 4.78 is 11.8. The second-order valence-electron chi connectivity index (χ2n) is 3.59. The van der Waals surface area contributed by atoms with Crippen LogP contribution in [0.3, 0.4) is 0 Å². The second kappa shape index (κ2) is 5.80. The van der Waals surface area contributed by atoms with E-state index in [0.717, 1.165) is 19.4 Å². The Morgan fingerprint density at radius 3 is 3.19 bits per heavy atom. The van der Waals surface area contributed by atoms with E-state index in [1.165, 1.54) is 6.42 Å². The van der Waals surface area contributed by atoms with Crippen molar-refractivity contribution in [3.8, 4) is 5.88 Å². The molecule has 0 N–H and O–H groups in total. The molecule has 0 amide bonds. The molecule has 1 aromatic heterocycles. The first kappa shape index (κ1) is 12.1. The molecule has 6 heteroatoms. The molecular formula is C10H12BrClN2O2. The van der Waals surface area contributed by atoms with E-state index in [-0.39, 0.29) is 11.4 Å². The van der Waals surface area contributed by atoms with Crippen molar-refractivity contribution >= 4 is 27.5 Å². The number of hydrogen-bond acceptors (Lipinski definition) is 4. The van der Waals surface area contributed by atoms with Gasteiger partial charge in [0.1, 0.15) is 6.61 Å². The number of aromatic nitrogens is 2. The summed E-state index contributed by atoms with van der Waals surface area (Å²) in [5.74, 6) is 0.467. The van der Waals surface area contributed by atoms with Crippen LogP contribution >= 0.6 is 27.5 Å². The van der Waals surface area contributed by atoms with Gasteiger partial charge in [0, 0.05) is 12.8 Å². The molecule has 1 saturated heterocycles. The number of halogens is 2. The third-order valence-corrected chi connectivity index (χ3v) is 3.09. The van der Waals surface area contributed by atoms with Crippen molar-refractivity contribution < 1.29 is 9.47 Å². The predicted octanol–water partition coefficient (Wildman–Crippen LogP) is 2.84. The first-order valence-electron chi connectivity index (χ1n) is 5.18. The number of nitrogens with zero attached hydrogens (tertiary/aromatic N) is 2. The second-order valence-corrected chi connectivity index (χ2v) is 4.78. The van der Waals surface area contributed by atoms with Gasteiger partial charge in [-0.2, -0.15) is 4.98 Å². The van der Waals surface area contributed by atoms with Crippen LogP contribution in [0, 0.1) is 0 Å². The molecule has 88 valence electrons. The summed E-state index contributed by atoms with van der Waals surface area (Å²) in [6, 6.07) is 0. The van der Waals surface area contributed by atoms with Crippen molar-refractivity contribution in [2.45, 2.75) is 25.4 Å². The average Bonchev–Trinajstić information content (AvgIpc) is 2.32. The maximum Gasteiger partial charge on any atom is 0.232 e. The fraction of sp³-hybridized carbons (Fsp3) is 0.600. The Hall–Kier alpha value is -0.390. The zero-order chi connectivity index (χ0) is 11.4. The quantitative estimate of drug-likeness (QED) is 0.806. The molecule has 1 aliphatic heterocycles.